The molecule has 1 atom stereocenters. The van der Waals surface area contributed by atoms with Gasteiger partial charge in [0, 0.05) is 15.8 Å². The van der Waals surface area contributed by atoms with Gasteiger partial charge in [-0.15, -0.1) is 11.3 Å². The fourth-order valence-corrected chi connectivity index (χ4v) is 2.56. The molecule has 1 N–H and O–H groups in total. The minimum Gasteiger partial charge on any atom is -0.478 e. The normalized spacial score (nSPS) is 12.2. The molecule has 0 spiro atoms. The van der Waals surface area contributed by atoms with Gasteiger partial charge in [0.15, 0.2) is 0 Å². The van der Waals surface area contributed by atoms with Crippen LogP contribution in [0.3, 0.4) is 0 Å². The second-order valence-corrected chi connectivity index (χ2v) is 5.72. The summed E-state index contributed by atoms with van der Waals surface area (Å²) in [6.45, 7) is 6.99. The zero-order chi connectivity index (χ0) is 13.7. The molecular weight excluding hydrogens is 258 g/mol. The largest absolute Gasteiger partial charge is 0.478 e. The fraction of sp³-hybridized carbons (Fsp3) is 0.429. The number of thiophene rings is 1. The standard InChI is InChI=1S/C14H19N3OS/c1-4-7-18-14-8-13(15-9-16-14)17-11(3)12-6-5-10(2)19-12/h5-6,8-9,11H,4,7H2,1-3H3,(H,15,16,17). The Balaban J connectivity index is 2.02. The Morgan fingerprint density at radius 1 is 1.37 bits per heavy atom. The van der Waals surface area contributed by atoms with Crippen molar-refractivity contribution in [3.05, 3.63) is 34.3 Å². The number of hydrogen-bond acceptors (Lipinski definition) is 5. The molecule has 0 aliphatic carbocycles. The van der Waals surface area contributed by atoms with Crippen LogP contribution in [-0.2, 0) is 0 Å². The third-order valence-corrected chi connectivity index (χ3v) is 3.83. The van der Waals surface area contributed by atoms with Gasteiger partial charge in [0.05, 0.1) is 12.6 Å². The van der Waals surface area contributed by atoms with Crippen LogP contribution in [0.1, 0.15) is 36.1 Å². The van der Waals surface area contributed by atoms with Gasteiger partial charge < -0.3 is 10.1 Å². The highest BCUT2D eigenvalue weighted by atomic mass is 32.1. The number of aromatic nitrogens is 2. The van der Waals surface area contributed by atoms with Gasteiger partial charge in [-0.3, -0.25) is 0 Å². The van der Waals surface area contributed by atoms with E-state index in [2.05, 4.69) is 48.2 Å². The van der Waals surface area contributed by atoms with Crippen LogP contribution in [0.4, 0.5) is 5.82 Å². The molecule has 0 amide bonds. The molecule has 19 heavy (non-hydrogen) atoms. The molecule has 4 nitrogen and oxygen atoms in total. The van der Waals surface area contributed by atoms with Crippen molar-refractivity contribution in [3.8, 4) is 5.88 Å². The third kappa shape index (κ3) is 3.92. The van der Waals surface area contributed by atoms with Gasteiger partial charge in [-0.1, -0.05) is 6.92 Å². The van der Waals surface area contributed by atoms with Crippen molar-refractivity contribution in [1.29, 1.82) is 0 Å². The van der Waals surface area contributed by atoms with E-state index in [0.717, 1.165) is 12.2 Å². The molecule has 0 radical (unpaired) electrons. The molecule has 2 aromatic rings. The highest BCUT2D eigenvalue weighted by molar-refractivity contribution is 7.12. The SMILES string of the molecule is CCCOc1cc(NC(C)c2ccc(C)s2)ncn1. The zero-order valence-electron chi connectivity index (χ0n) is 11.5. The summed E-state index contributed by atoms with van der Waals surface area (Å²) in [7, 11) is 0. The molecule has 2 heterocycles. The molecule has 0 aromatic carbocycles. The van der Waals surface area contributed by atoms with E-state index >= 15 is 0 Å². The molecule has 0 fully saturated rings. The first-order valence-corrected chi connectivity index (χ1v) is 7.28. The van der Waals surface area contributed by atoms with Gasteiger partial charge in [0.25, 0.3) is 0 Å². The van der Waals surface area contributed by atoms with Gasteiger partial charge in [0.1, 0.15) is 12.1 Å². The quantitative estimate of drug-likeness (QED) is 0.872. The van der Waals surface area contributed by atoms with Crippen molar-refractivity contribution in [1.82, 2.24) is 9.97 Å². The number of rotatable bonds is 6. The van der Waals surface area contributed by atoms with Crippen molar-refractivity contribution in [2.45, 2.75) is 33.2 Å². The minimum absolute atomic E-state index is 0.229. The van der Waals surface area contributed by atoms with Crippen LogP contribution < -0.4 is 10.1 Å². The van der Waals surface area contributed by atoms with Gasteiger partial charge in [-0.25, -0.2) is 9.97 Å². The summed E-state index contributed by atoms with van der Waals surface area (Å²) in [6, 6.07) is 6.35. The number of nitrogens with one attached hydrogen (secondary N) is 1. The smallest absolute Gasteiger partial charge is 0.218 e. The number of hydrogen-bond donors (Lipinski definition) is 1. The Bertz CT molecular complexity index is 527. The molecule has 2 rings (SSSR count). The van der Waals surface area contributed by atoms with E-state index < -0.39 is 0 Å². The van der Waals surface area contributed by atoms with Crippen LogP contribution in [0.5, 0.6) is 5.88 Å². The lowest BCUT2D eigenvalue weighted by atomic mass is 10.2. The Labute approximate surface area is 117 Å². The van der Waals surface area contributed by atoms with Crippen LogP contribution in [0.15, 0.2) is 24.5 Å². The van der Waals surface area contributed by atoms with Gasteiger partial charge in [0.2, 0.25) is 5.88 Å². The molecule has 1 unspecified atom stereocenters. The van der Waals surface area contributed by atoms with E-state index in [9.17, 15) is 0 Å². The van der Waals surface area contributed by atoms with Crippen molar-refractivity contribution in [3.63, 3.8) is 0 Å². The van der Waals surface area contributed by atoms with E-state index in [0.29, 0.717) is 12.5 Å². The fourth-order valence-electron chi connectivity index (χ4n) is 1.68. The van der Waals surface area contributed by atoms with Gasteiger partial charge in [-0.2, -0.15) is 0 Å². The zero-order valence-corrected chi connectivity index (χ0v) is 12.3. The molecule has 0 aliphatic heterocycles. The first-order valence-electron chi connectivity index (χ1n) is 6.46. The maximum Gasteiger partial charge on any atom is 0.218 e. The monoisotopic (exact) mass is 277 g/mol. The minimum atomic E-state index is 0.229. The van der Waals surface area contributed by atoms with Crippen LogP contribution in [-0.4, -0.2) is 16.6 Å². The van der Waals surface area contributed by atoms with E-state index in [1.54, 1.807) is 11.3 Å². The second kappa shape index (κ2) is 6.52. The van der Waals surface area contributed by atoms with Gasteiger partial charge >= 0.3 is 0 Å². The predicted molar refractivity (Wildman–Crippen MR) is 78.9 cm³/mol. The van der Waals surface area contributed by atoms with Gasteiger partial charge in [-0.05, 0) is 32.4 Å². The molecule has 2 aromatic heterocycles. The first kappa shape index (κ1) is 13.8. The van der Waals surface area contributed by atoms with E-state index in [4.69, 9.17) is 4.74 Å². The Hall–Kier alpha value is -1.62. The Kier molecular flexibility index (Phi) is 4.74. The van der Waals surface area contributed by atoms with Crippen LogP contribution >= 0.6 is 11.3 Å². The number of nitrogens with zero attached hydrogens (tertiary/aromatic N) is 2. The van der Waals surface area contributed by atoms with Crippen molar-refractivity contribution >= 4 is 17.2 Å². The highest BCUT2D eigenvalue weighted by Crippen LogP contribution is 2.25. The second-order valence-electron chi connectivity index (χ2n) is 4.40. The van der Waals surface area contributed by atoms with Crippen molar-refractivity contribution < 1.29 is 4.74 Å². The summed E-state index contributed by atoms with van der Waals surface area (Å²) < 4.78 is 5.50. The van der Waals surface area contributed by atoms with Crippen LogP contribution in [0.2, 0.25) is 0 Å². The average molecular weight is 277 g/mol. The predicted octanol–water partition coefficient (Wildman–Crippen LogP) is 3.81. The van der Waals surface area contributed by atoms with Crippen LogP contribution in [0, 0.1) is 6.92 Å². The van der Waals surface area contributed by atoms with E-state index in [1.807, 2.05) is 6.07 Å². The number of ether oxygens (including phenoxy) is 1. The molecule has 0 aliphatic rings. The molecule has 0 saturated carbocycles. The maximum absolute atomic E-state index is 5.50. The lowest BCUT2D eigenvalue weighted by Crippen LogP contribution is -2.07. The molecule has 5 heteroatoms. The summed E-state index contributed by atoms with van der Waals surface area (Å²) in [5.41, 5.74) is 0. The third-order valence-electron chi connectivity index (χ3n) is 2.65. The lowest BCUT2D eigenvalue weighted by molar-refractivity contribution is 0.305. The summed E-state index contributed by atoms with van der Waals surface area (Å²) in [5, 5.41) is 3.37. The number of aryl methyl sites for hydroxylation is 1. The topological polar surface area (TPSA) is 47.0 Å². The van der Waals surface area contributed by atoms with E-state index in [1.165, 1.54) is 16.1 Å². The summed E-state index contributed by atoms with van der Waals surface area (Å²) in [5.74, 6) is 1.41. The molecule has 102 valence electrons. The maximum atomic E-state index is 5.50. The summed E-state index contributed by atoms with van der Waals surface area (Å²) >= 11 is 1.80. The molecule has 0 bridgehead atoms. The Morgan fingerprint density at radius 2 is 2.21 bits per heavy atom. The lowest BCUT2D eigenvalue weighted by Gasteiger charge is -2.13. The summed E-state index contributed by atoms with van der Waals surface area (Å²) in [6.07, 6.45) is 2.50. The number of anilines is 1. The molecular formula is C14H19N3OS. The average Bonchev–Trinajstić information content (AvgIpc) is 2.83. The van der Waals surface area contributed by atoms with E-state index in [-0.39, 0.29) is 6.04 Å². The highest BCUT2D eigenvalue weighted by Gasteiger charge is 2.09. The van der Waals surface area contributed by atoms with Crippen molar-refractivity contribution in [2.24, 2.45) is 0 Å². The van der Waals surface area contributed by atoms with Crippen molar-refractivity contribution in [2.75, 3.05) is 11.9 Å². The Morgan fingerprint density at radius 3 is 2.89 bits per heavy atom. The van der Waals surface area contributed by atoms with Crippen LogP contribution in [0.25, 0.3) is 0 Å². The molecule has 0 saturated heterocycles. The summed E-state index contributed by atoms with van der Waals surface area (Å²) in [4.78, 5) is 10.9. The first-order chi connectivity index (χ1) is 9.19.